The minimum absolute atomic E-state index is 0.0388. The summed E-state index contributed by atoms with van der Waals surface area (Å²) in [5.41, 5.74) is 1.01. The van der Waals surface area contributed by atoms with E-state index >= 15 is 0 Å². The molecule has 4 rings (SSSR count). The molecule has 0 spiro atoms. The molecule has 2 aromatic rings. The second-order valence-corrected chi connectivity index (χ2v) is 10.4. The number of amides is 1. The van der Waals surface area contributed by atoms with Crippen molar-refractivity contribution in [3.63, 3.8) is 0 Å². The summed E-state index contributed by atoms with van der Waals surface area (Å²) in [6.45, 7) is 8.68. The first-order valence-electron chi connectivity index (χ1n) is 10.7. The Morgan fingerprint density at radius 3 is 2.63 bits per heavy atom. The Bertz CT molecular complexity index is 903. The van der Waals surface area contributed by atoms with Gasteiger partial charge in [-0.15, -0.1) is 0 Å². The topological polar surface area (TPSA) is 86.0 Å². The van der Waals surface area contributed by atoms with Crippen LogP contribution in [0.4, 0.5) is 10.6 Å². The van der Waals surface area contributed by atoms with Gasteiger partial charge in [0.1, 0.15) is 11.8 Å². The number of piperazine rings is 1. The van der Waals surface area contributed by atoms with Crippen LogP contribution in [0.5, 0.6) is 0 Å². The highest BCUT2D eigenvalue weighted by atomic mass is 79.9. The zero-order valence-electron chi connectivity index (χ0n) is 17.9. The molecule has 30 heavy (non-hydrogen) atoms. The number of carboxylic acid groups (broad SMARTS) is 1. The first kappa shape index (κ1) is 21.4. The Morgan fingerprint density at radius 2 is 1.97 bits per heavy atom. The molecule has 2 fully saturated rings. The van der Waals surface area contributed by atoms with E-state index in [0.717, 1.165) is 48.0 Å². The van der Waals surface area contributed by atoms with Crippen LogP contribution in [0.15, 0.2) is 23.1 Å². The highest BCUT2D eigenvalue weighted by Gasteiger charge is 2.40. The third-order valence-corrected chi connectivity index (χ3v) is 7.24. The largest absolute Gasteiger partial charge is 0.465 e. The summed E-state index contributed by atoms with van der Waals surface area (Å²) in [4.78, 5) is 20.1. The molecule has 1 aliphatic carbocycles. The fourth-order valence-corrected chi connectivity index (χ4v) is 5.43. The summed E-state index contributed by atoms with van der Waals surface area (Å²) in [7, 11) is 0. The molecule has 1 atom stereocenters. The van der Waals surface area contributed by atoms with Crippen molar-refractivity contribution in [1.29, 1.82) is 0 Å². The second kappa shape index (κ2) is 8.34. The van der Waals surface area contributed by atoms with Crippen molar-refractivity contribution in [1.82, 2.24) is 24.4 Å². The van der Waals surface area contributed by atoms with Crippen molar-refractivity contribution < 1.29 is 9.90 Å². The lowest BCUT2D eigenvalue weighted by Gasteiger charge is -2.51. The van der Waals surface area contributed by atoms with Crippen molar-refractivity contribution in [2.24, 2.45) is 5.41 Å². The molecule has 1 amide bonds. The number of nitrogens with one attached hydrogen (secondary N) is 1. The average molecular weight is 479 g/mol. The minimum atomic E-state index is -0.801. The van der Waals surface area contributed by atoms with Gasteiger partial charge < -0.3 is 15.3 Å². The van der Waals surface area contributed by atoms with Gasteiger partial charge in [-0.3, -0.25) is 4.90 Å². The molecule has 3 heterocycles. The van der Waals surface area contributed by atoms with Crippen LogP contribution in [0.3, 0.4) is 0 Å². The summed E-state index contributed by atoms with van der Waals surface area (Å²) < 4.78 is 2.82. The number of hydrogen-bond donors (Lipinski definition) is 2. The maximum Gasteiger partial charge on any atom is 0.407 e. The van der Waals surface area contributed by atoms with Crippen molar-refractivity contribution >= 4 is 33.4 Å². The van der Waals surface area contributed by atoms with E-state index in [1.807, 2.05) is 16.8 Å². The number of aromatic nitrogens is 3. The summed E-state index contributed by atoms with van der Waals surface area (Å²) in [5.74, 6) is 0.868. The molecule has 0 aromatic carbocycles. The molecule has 2 aromatic heterocycles. The summed E-state index contributed by atoms with van der Waals surface area (Å²) >= 11 is 3.59. The third-order valence-electron chi connectivity index (χ3n) is 6.60. The molecule has 0 radical (unpaired) electrons. The van der Waals surface area contributed by atoms with Crippen LogP contribution in [-0.4, -0.2) is 73.4 Å². The average Bonchev–Trinajstić information content (AvgIpc) is 3.09. The number of anilines is 1. The van der Waals surface area contributed by atoms with E-state index in [-0.39, 0.29) is 11.5 Å². The molecule has 8 nitrogen and oxygen atoms in total. The van der Waals surface area contributed by atoms with Crippen LogP contribution < -0.4 is 5.32 Å². The quantitative estimate of drug-likeness (QED) is 0.694. The normalized spacial score (nSPS) is 26.1. The van der Waals surface area contributed by atoms with Crippen molar-refractivity contribution in [2.75, 3.05) is 25.0 Å². The predicted octanol–water partition coefficient (Wildman–Crippen LogP) is 3.93. The van der Waals surface area contributed by atoms with Crippen molar-refractivity contribution in [2.45, 2.75) is 64.6 Å². The smallest absolute Gasteiger partial charge is 0.407 e. The Morgan fingerprint density at radius 1 is 1.23 bits per heavy atom. The minimum Gasteiger partial charge on any atom is -0.465 e. The number of halogens is 1. The monoisotopic (exact) mass is 478 g/mol. The Hall–Kier alpha value is -1.87. The number of nitrogens with zero attached hydrogens (tertiary/aromatic N) is 5. The molecular formula is C21H31BrN6O2. The fourth-order valence-electron chi connectivity index (χ4n) is 4.95. The van der Waals surface area contributed by atoms with Crippen LogP contribution in [0.2, 0.25) is 0 Å². The van der Waals surface area contributed by atoms with Gasteiger partial charge in [0.15, 0.2) is 5.82 Å². The Kier molecular flexibility index (Phi) is 5.94. The number of carbonyl (C=O) groups is 1. The molecule has 0 bridgehead atoms. The Balaban J connectivity index is 1.41. The molecule has 1 aliphatic heterocycles. The standard InChI is InChI=1S/C21H31BrN6O2/c1-21(2,3)17-12-26(20(29)30)10-11-27(17)15-6-4-14(5-7-15)25-19-18-16(22)8-9-28(18)24-13-23-19/h8-9,13-15,17H,4-7,10-12H2,1-3H3,(H,29,30)(H,23,24,25). The van der Waals surface area contributed by atoms with E-state index in [4.69, 9.17) is 0 Å². The number of rotatable bonds is 3. The van der Waals surface area contributed by atoms with Gasteiger partial charge in [-0.1, -0.05) is 20.8 Å². The van der Waals surface area contributed by atoms with E-state index in [2.05, 4.69) is 57.0 Å². The molecule has 1 saturated heterocycles. The Labute approximate surface area is 185 Å². The van der Waals surface area contributed by atoms with Gasteiger partial charge in [-0.25, -0.2) is 14.3 Å². The van der Waals surface area contributed by atoms with Gasteiger partial charge in [0.25, 0.3) is 0 Å². The fraction of sp³-hybridized carbons (Fsp3) is 0.667. The zero-order valence-corrected chi connectivity index (χ0v) is 19.5. The molecule has 2 N–H and O–H groups in total. The maximum atomic E-state index is 11.5. The molecule has 164 valence electrons. The summed E-state index contributed by atoms with van der Waals surface area (Å²) in [5, 5.41) is 17.3. The van der Waals surface area contributed by atoms with Crippen molar-refractivity contribution in [3.05, 3.63) is 23.1 Å². The number of hydrogen-bond acceptors (Lipinski definition) is 5. The first-order valence-corrected chi connectivity index (χ1v) is 11.5. The number of fused-ring (bicyclic) bond motifs is 1. The van der Waals surface area contributed by atoms with Gasteiger partial charge in [-0.2, -0.15) is 5.10 Å². The van der Waals surface area contributed by atoms with E-state index in [1.165, 1.54) is 0 Å². The van der Waals surface area contributed by atoms with Crippen LogP contribution in [0.25, 0.3) is 5.52 Å². The van der Waals surface area contributed by atoms with Crippen LogP contribution in [0, 0.1) is 5.41 Å². The van der Waals surface area contributed by atoms with Gasteiger partial charge in [0, 0.05) is 48.4 Å². The molecule has 1 unspecified atom stereocenters. The molecule has 9 heteroatoms. The molecule has 2 aliphatic rings. The summed E-state index contributed by atoms with van der Waals surface area (Å²) in [6.07, 6.45) is 7.09. The first-order chi connectivity index (χ1) is 14.2. The van der Waals surface area contributed by atoms with Gasteiger partial charge in [-0.05, 0) is 53.1 Å². The van der Waals surface area contributed by atoms with Gasteiger partial charge >= 0.3 is 6.09 Å². The van der Waals surface area contributed by atoms with E-state index < -0.39 is 6.09 Å². The van der Waals surface area contributed by atoms with Gasteiger partial charge in [0.05, 0.1) is 0 Å². The van der Waals surface area contributed by atoms with Crippen LogP contribution in [-0.2, 0) is 0 Å². The van der Waals surface area contributed by atoms with Crippen LogP contribution >= 0.6 is 15.9 Å². The lowest BCUT2D eigenvalue weighted by molar-refractivity contribution is -0.0162. The lowest BCUT2D eigenvalue weighted by Crippen LogP contribution is -2.62. The highest BCUT2D eigenvalue weighted by Crippen LogP contribution is 2.35. The third kappa shape index (κ3) is 4.27. The SMILES string of the molecule is CC(C)(C)C1CN(C(=O)O)CCN1C1CCC(Nc2ncnn3ccc(Br)c23)CC1. The predicted molar refractivity (Wildman–Crippen MR) is 120 cm³/mol. The molecule has 1 saturated carbocycles. The maximum absolute atomic E-state index is 11.5. The molecular weight excluding hydrogens is 448 g/mol. The van der Waals surface area contributed by atoms with Crippen molar-refractivity contribution in [3.8, 4) is 0 Å². The van der Waals surface area contributed by atoms with Gasteiger partial charge in [0.2, 0.25) is 0 Å². The lowest BCUT2D eigenvalue weighted by atomic mass is 9.81. The van der Waals surface area contributed by atoms with E-state index in [0.29, 0.717) is 25.2 Å². The van der Waals surface area contributed by atoms with Crippen LogP contribution in [0.1, 0.15) is 46.5 Å². The summed E-state index contributed by atoms with van der Waals surface area (Å²) in [6, 6.07) is 3.12. The van der Waals surface area contributed by atoms with E-state index in [1.54, 1.807) is 11.2 Å². The van der Waals surface area contributed by atoms with E-state index in [9.17, 15) is 9.90 Å². The second-order valence-electron chi connectivity index (χ2n) is 9.56. The zero-order chi connectivity index (χ0) is 21.5. The highest BCUT2D eigenvalue weighted by molar-refractivity contribution is 9.10.